The van der Waals surface area contributed by atoms with Gasteiger partial charge in [-0.25, -0.2) is 0 Å². The van der Waals surface area contributed by atoms with E-state index in [-0.39, 0.29) is 55.7 Å². The normalized spacial score (nSPS) is 44.1. The van der Waals surface area contributed by atoms with Crippen molar-refractivity contribution in [3.8, 4) is 0 Å². The lowest BCUT2D eigenvalue weighted by molar-refractivity contribution is -0.149. The second-order valence-corrected chi connectivity index (χ2v) is 13.5. The molecule has 1 saturated carbocycles. The van der Waals surface area contributed by atoms with Crippen molar-refractivity contribution in [1.29, 1.82) is 0 Å². The van der Waals surface area contributed by atoms with Crippen LogP contribution >= 0.6 is 0 Å². The second-order valence-electron chi connectivity index (χ2n) is 13.5. The predicted octanol–water partition coefficient (Wildman–Crippen LogP) is 2.82. The van der Waals surface area contributed by atoms with Crippen LogP contribution in [0.2, 0.25) is 0 Å². The van der Waals surface area contributed by atoms with Gasteiger partial charge in [0.2, 0.25) is 0 Å². The summed E-state index contributed by atoms with van der Waals surface area (Å²) in [6.07, 6.45) is 0.377. The van der Waals surface area contributed by atoms with Crippen molar-refractivity contribution >= 4 is 17.5 Å². The number of aliphatic carboxylic acids is 1. The summed E-state index contributed by atoms with van der Waals surface area (Å²) in [5.41, 5.74) is -1.45. The van der Waals surface area contributed by atoms with Crippen LogP contribution in [0.4, 0.5) is 0 Å². The molecule has 5 N–H and O–H groups in total. The van der Waals surface area contributed by atoms with Crippen molar-refractivity contribution in [3.05, 3.63) is 22.8 Å². The maximum Gasteiger partial charge on any atom is 0.306 e. The smallest absolute Gasteiger partial charge is 0.306 e. The standard InChI is InChI=1S/C30H44O8/c1-15(9-17(32)10-16(2)26(37)38)18-11-23(36)30(6)25-19(33)12-21-27(3,8-7-22(35)28(21,4)14-31)24(25)20(34)13-29(18,30)5/h11,15-16,19,21-23,31,33,35-36H,7-10,12-14H2,1-6H3,(H,37,38)/t15-,16?,19+,21-,22+,23+,27+,28+,29-,30+/m1/s1. The molecule has 0 radical (unpaired) electrons. The van der Waals surface area contributed by atoms with E-state index in [9.17, 15) is 39.9 Å². The Kier molecular flexibility index (Phi) is 7.17. The van der Waals surface area contributed by atoms with Gasteiger partial charge < -0.3 is 25.5 Å². The van der Waals surface area contributed by atoms with Crippen LogP contribution in [0.25, 0.3) is 0 Å². The summed E-state index contributed by atoms with van der Waals surface area (Å²) in [5, 5.41) is 53.5. The molecule has 0 aromatic rings. The summed E-state index contributed by atoms with van der Waals surface area (Å²) >= 11 is 0. The molecule has 0 aromatic heterocycles. The number of Topliss-reactive ketones (excluding diaryl/α,β-unsaturated/α-hetero) is 2. The van der Waals surface area contributed by atoms with Crippen LogP contribution in [0.5, 0.6) is 0 Å². The van der Waals surface area contributed by atoms with Gasteiger partial charge in [0, 0.05) is 41.1 Å². The summed E-state index contributed by atoms with van der Waals surface area (Å²) in [5.74, 6) is -2.71. The molecule has 4 rings (SSSR count). The van der Waals surface area contributed by atoms with Crippen LogP contribution in [0.15, 0.2) is 22.8 Å². The van der Waals surface area contributed by atoms with E-state index in [4.69, 9.17) is 0 Å². The van der Waals surface area contributed by atoms with Gasteiger partial charge in [0.15, 0.2) is 5.78 Å². The van der Waals surface area contributed by atoms with Crippen molar-refractivity contribution in [2.24, 2.45) is 39.4 Å². The first-order valence-corrected chi connectivity index (χ1v) is 13.9. The van der Waals surface area contributed by atoms with E-state index in [2.05, 4.69) is 0 Å². The van der Waals surface area contributed by atoms with E-state index in [0.29, 0.717) is 24.0 Å². The van der Waals surface area contributed by atoms with E-state index < -0.39 is 51.9 Å². The fraction of sp³-hybridized carbons (Fsp3) is 0.767. The fourth-order valence-electron chi connectivity index (χ4n) is 8.80. The van der Waals surface area contributed by atoms with Crippen LogP contribution in [-0.2, 0) is 14.4 Å². The van der Waals surface area contributed by atoms with E-state index in [1.165, 1.54) is 6.92 Å². The molecule has 0 saturated heterocycles. The van der Waals surface area contributed by atoms with Crippen LogP contribution in [0.3, 0.4) is 0 Å². The van der Waals surface area contributed by atoms with Gasteiger partial charge in [-0.1, -0.05) is 53.2 Å². The molecule has 0 heterocycles. The van der Waals surface area contributed by atoms with Crippen LogP contribution in [0, 0.1) is 39.4 Å². The molecule has 8 heteroatoms. The number of fused-ring (bicyclic) bond motifs is 4. The average molecular weight is 533 g/mol. The highest BCUT2D eigenvalue weighted by atomic mass is 16.4. The van der Waals surface area contributed by atoms with E-state index in [1.807, 2.05) is 34.6 Å². The lowest BCUT2D eigenvalue weighted by atomic mass is 9.42. The molecule has 0 aromatic carbocycles. The summed E-state index contributed by atoms with van der Waals surface area (Å²) in [7, 11) is 0. The third-order valence-electron chi connectivity index (χ3n) is 11.3. The number of hydrogen-bond donors (Lipinski definition) is 5. The minimum Gasteiger partial charge on any atom is -0.481 e. The Hall–Kier alpha value is -1.87. The van der Waals surface area contributed by atoms with Crippen LogP contribution < -0.4 is 0 Å². The Morgan fingerprint density at radius 3 is 2.29 bits per heavy atom. The van der Waals surface area contributed by atoms with Crippen molar-refractivity contribution in [1.82, 2.24) is 0 Å². The van der Waals surface area contributed by atoms with E-state index >= 15 is 0 Å². The van der Waals surface area contributed by atoms with Crippen molar-refractivity contribution in [2.45, 2.75) is 98.4 Å². The number of aliphatic hydroxyl groups is 4. The van der Waals surface area contributed by atoms with Gasteiger partial charge in [-0.3, -0.25) is 14.4 Å². The first-order valence-electron chi connectivity index (χ1n) is 13.9. The number of ketones is 2. The molecule has 0 aliphatic heterocycles. The third-order valence-corrected chi connectivity index (χ3v) is 11.3. The van der Waals surface area contributed by atoms with Gasteiger partial charge in [-0.15, -0.1) is 0 Å². The van der Waals surface area contributed by atoms with Gasteiger partial charge in [0.25, 0.3) is 0 Å². The monoisotopic (exact) mass is 532 g/mol. The fourth-order valence-corrected chi connectivity index (χ4v) is 8.80. The summed E-state index contributed by atoms with van der Waals surface area (Å²) in [4.78, 5) is 38.0. The molecular weight excluding hydrogens is 488 g/mol. The van der Waals surface area contributed by atoms with Crippen molar-refractivity contribution in [3.63, 3.8) is 0 Å². The molecular formula is C30H44O8. The summed E-state index contributed by atoms with van der Waals surface area (Å²) < 4.78 is 0. The predicted molar refractivity (Wildman–Crippen MR) is 140 cm³/mol. The Morgan fingerprint density at radius 1 is 1.08 bits per heavy atom. The molecule has 0 bridgehead atoms. The first kappa shape index (κ1) is 29.1. The maximum absolute atomic E-state index is 14.1. The maximum atomic E-state index is 14.1. The number of carbonyl (C=O) groups is 3. The van der Waals surface area contributed by atoms with E-state index in [0.717, 1.165) is 5.57 Å². The Labute approximate surface area is 224 Å². The average Bonchev–Trinajstić information content (AvgIpc) is 3.03. The highest BCUT2D eigenvalue weighted by Gasteiger charge is 2.68. The summed E-state index contributed by atoms with van der Waals surface area (Å²) in [6.45, 7) is 10.8. The minimum atomic E-state index is -1.02. The van der Waals surface area contributed by atoms with E-state index in [1.54, 1.807) is 6.08 Å². The molecule has 1 unspecified atom stereocenters. The Balaban J connectivity index is 1.76. The first-order chi connectivity index (χ1) is 17.5. The van der Waals surface area contributed by atoms with Gasteiger partial charge in [-0.2, -0.15) is 0 Å². The summed E-state index contributed by atoms with van der Waals surface area (Å²) in [6, 6.07) is 0. The number of allylic oxidation sites excluding steroid dienone is 2. The number of rotatable bonds is 7. The quantitative estimate of drug-likeness (QED) is 0.314. The molecule has 0 amide bonds. The lowest BCUT2D eigenvalue weighted by Gasteiger charge is -2.62. The highest BCUT2D eigenvalue weighted by molar-refractivity contribution is 6.00. The van der Waals surface area contributed by atoms with Gasteiger partial charge in [0.05, 0.1) is 30.8 Å². The van der Waals surface area contributed by atoms with Crippen molar-refractivity contribution < 1.29 is 39.9 Å². The number of carboxylic acids is 1. The molecule has 38 heavy (non-hydrogen) atoms. The minimum absolute atomic E-state index is 0.0777. The zero-order valence-electron chi connectivity index (χ0n) is 23.5. The highest BCUT2D eigenvalue weighted by Crippen LogP contribution is 2.70. The Bertz CT molecular complexity index is 1110. The van der Waals surface area contributed by atoms with Crippen LogP contribution in [0.1, 0.15) is 80.1 Å². The Morgan fingerprint density at radius 2 is 1.71 bits per heavy atom. The lowest BCUT2D eigenvalue weighted by Crippen LogP contribution is -2.62. The number of hydrogen-bond acceptors (Lipinski definition) is 7. The van der Waals surface area contributed by atoms with Gasteiger partial charge in [0.1, 0.15) is 5.78 Å². The molecule has 0 spiro atoms. The second kappa shape index (κ2) is 9.36. The molecule has 10 atom stereocenters. The third kappa shape index (κ3) is 3.81. The molecule has 4 aliphatic carbocycles. The number of carboxylic acid groups (broad SMARTS) is 1. The molecule has 8 nitrogen and oxygen atoms in total. The van der Waals surface area contributed by atoms with Gasteiger partial charge >= 0.3 is 5.97 Å². The number of carbonyl (C=O) groups excluding carboxylic acids is 2. The largest absolute Gasteiger partial charge is 0.481 e. The van der Waals surface area contributed by atoms with Crippen molar-refractivity contribution in [2.75, 3.05) is 6.61 Å². The zero-order valence-corrected chi connectivity index (χ0v) is 23.5. The molecule has 1 fully saturated rings. The molecule has 212 valence electrons. The van der Waals surface area contributed by atoms with Gasteiger partial charge in [-0.05, 0) is 42.1 Å². The SMILES string of the molecule is CC(CC(=O)C[C@@H](C)C1=C[C@H](O)[C@@]2(C)C3=C(C(=O)C[C@]12C)[C@@]1(C)CC[C@H](O)[C@@](C)(CO)[C@@H]1C[C@@H]3O)C(=O)O. The van der Waals surface area contributed by atoms with Crippen LogP contribution in [-0.4, -0.2) is 68.0 Å². The number of aliphatic hydroxyl groups excluding tert-OH is 4. The zero-order chi connectivity index (χ0) is 28.6. The molecule has 4 aliphatic rings. The topological polar surface area (TPSA) is 152 Å².